The third kappa shape index (κ3) is 6.17. The van der Waals surface area contributed by atoms with Crippen LogP contribution in [0.15, 0.2) is 29.3 Å². The monoisotopic (exact) mass is 587 g/mol. The van der Waals surface area contributed by atoms with E-state index in [1.807, 2.05) is 17.9 Å². The maximum Gasteiger partial charge on any atom is 0.148 e. The van der Waals surface area contributed by atoms with Gasteiger partial charge in [-0.25, -0.2) is 13.2 Å². The average Bonchev–Trinajstić information content (AvgIpc) is 3.67. The summed E-state index contributed by atoms with van der Waals surface area (Å²) in [5.41, 5.74) is 8.25. The molecule has 6 rings (SSSR count). The molecule has 228 valence electrons. The number of hydrogen-bond donors (Lipinski definition) is 2. The predicted molar refractivity (Wildman–Crippen MR) is 158 cm³/mol. The van der Waals surface area contributed by atoms with Crippen LogP contribution in [0.2, 0.25) is 0 Å². The lowest BCUT2D eigenvalue weighted by Gasteiger charge is -2.44. The van der Waals surface area contributed by atoms with Crippen LogP contribution in [0.25, 0.3) is 0 Å². The Kier molecular flexibility index (Phi) is 8.49. The van der Waals surface area contributed by atoms with Crippen molar-refractivity contribution in [3.05, 3.63) is 58.2 Å². The third-order valence-electron chi connectivity index (χ3n) is 9.19. The number of hydrogen-bond acceptors (Lipinski definition) is 6. The molecule has 0 spiro atoms. The molecule has 0 radical (unpaired) electrons. The highest BCUT2D eigenvalue weighted by Crippen LogP contribution is 2.47. The fourth-order valence-electron chi connectivity index (χ4n) is 6.66. The number of nitrogens with one attached hydrogen (secondary N) is 1. The highest BCUT2D eigenvalue weighted by molar-refractivity contribution is 5.90. The Morgan fingerprint density at radius 1 is 1.17 bits per heavy atom. The first-order chi connectivity index (χ1) is 20.2. The number of halogens is 4. The fourth-order valence-corrected chi connectivity index (χ4v) is 6.66. The van der Waals surface area contributed by atoms with E-state index in [4.69, 9.17) is 10.5 Å². The molecule has 0 bridgehead atoms. The largest absolute Gasteiger partial charge is 0.398 e. The lowest BCUT2D eigenvalue weighted by atomic mass is 9.81. The third-order valence-corrected chi connectivity index (χ3v) is 9.19. The molecule has 42 heavy (non-hydrogen) atoms. The summed E-state index contributed by atoms with van der Waals surface area (Å²) in [5.74, 6) is -1.35. The highest BCUT2D eigenvalue weighted by atomic mass is 19.1. The fraction of sp³-hybridized carbons (Fsp3) is 0.594. The van der Waals surface area contributed by atoms with Crippen molar-refractivity contribution < 1.29 is 22.3 Å². The van der Waals surface area contributed by atoms with E-state index in [0.29, 0.717) is 63.3 Å². The molecule has 2 unspecified atom stereocenters. The molecule has 2 aromatic rings. The van der Waals surface area contributed by atoms with Gasteiger partial charge in [-0.05, 0) is 81.2 Å². The van der Waals surface area contributed by atoms with E-state index in [0.717, 1.165) is 36.0 Å². The molecule has 1 aliphatic carbocycles. The second-order valence-electron chi connectivity index (χ2n) is 12.5. The lowest BCUT2D eigenvalue weighted by Crippen LogP contribution is -2.54. The lowest BCUT2D eigenvalue weighted by molar-refractivity contribution is 0.0227. The van der Waals surface area contributed by atoms with Crippen molar-refractivity contribution in [3.63, 3.8) is 0 Å². The molecule has 6 nitrogen and oxygen atoms in total. The number of ether oxygens (including phenoxy) is 1. The molecule has 10 heteroatoms. The number of likely N-dealkylation sites (tertiary alicyclic amines) is 1. The van der Waals surface area contributed by atoms with Gasteiger partial charge < -0.3 is 15.8 Å². The van der Waals surface area contributed by atoms with Gasteiger partial charge in [0.05, 0.1) is 18.8 Å². The molecule has 0 amide bonds. The summed E-state index contributed by atoms with van der Waals surface area (Å²) < 4.78 is 65.5. The topological polar surface area (TPSA) is 66.1 Å². The van der Waals surface area contributed by atoms with Crippen LogP contribution in [0.4, 0.5) is 28.9 Å². The van der Waals surface area contributed by atoms with Gasteiger partial charge in [0, 0.05) is 67.5 Å². The number of anilines is 2. The molecule has 4 aliphatic rings. The molecule has 1 saturated carbocycles. The molecule has 2 saturated heterocycles. The molecule has 3 heterocycles. The Balaban J connectivity index is 1.33. The van der Waals surface area contributed by atoms with Gasteiger partial charge in [-0.3, -0.25) is 19.2 Å². The molecule has 3 fully saturated rings. The van der Waals surface area contributed by atoms with Crippen molar-refractivity contribution in [1.29, 1.82) is 0 Å². The quantitative estimate of drug-likeness (QED) is 0.210. The first-order valence-electron chi connectivity index (χ1n) is 15.3. The van der Waals surface area contributed by atoms with Crippen LogP contribution in [-0.2, 0) is 11.2 Å². The van der Waals surface area contributed by atoms with Gasteiger partial charge in [-0.15, -0.1) is 0 Å². The first kappa shape index (κ1) is 29.4. The zero-order valence-electron chi connectivity index (χ0n) is 24.2. The van der Waals surface area contributed by atoms with Crippen molar-refractivity contribution in [3.8, 4) is 0 Å². The highest BCUT2D eigenvalue weighted by Gasteiger charge is 2.49. The molecule has 2 aromatic carbocycles. The summed E-state index contributed by atoms with van der Waals surface area (Å²) in [4.78, 5) is 8.69. The Hall–Kier alpha value is -2.69. The summed E-state index contributed by atoms with van der Waals surface area (Å²) in [6, 6.07) is 5.29. The number of benzene rings is 2. The van der Waals surface area contributed by atoms with Crippen molar-refractivity contribution in [2.75, 3.05) is 50.5 Å². The zero-order chi connectivity index (χ0) is 29.4. The predicted octanol–water partition coefficient (Wildman–Crippen LogP) is 5.79. The van der Waals surface area contributed by atoms with E-state index < -0.39 is 23.3 Å². The molecule has 3 aliphatic heterocycles. The van der Waals surface area contributed by atoms with Crippen LogP contribution in [0, 0.1) is 11.6 Å². The van der Waals surface area contributed by atoms with E-state index in [-0.39, 0.29) is 37.1 Å². The van der Waals surface area contributed by atoms with Crippen LogP contribution in [0.3, 0.4) is 0 Å². The number of alkyl halides is 2. The van der Waals surface area contributed by atoms with Crippen LogP contribution in [0.5, 0.6) is 0 Å². The maximum absolute atomic E-state index is 16.0. The first-order valence-corrected chi connectivity index (χ1v) is 15.3. The van der Waals surface area contributed by atoms with Crippen LogP contribution >= 0.6 is 0 Å². The van der Waals surface area contributed by atoms with E-state index in [1.165, 1.54) is 12.1 Å². The number of nitrogens with two attached hydrogens (primary N) is 1. The smallest absolute Gasteiger partial charge is 0.148 e. The molecular formula is C32H41F4N5O. The molecule has 0 aromatic heterocycles. The van der Waals surface area contributed by atoms with Crippen molar-refractivity contribution in [1.82, 2.24) is 9.80 Å². The summed E-state index contributed by atoms with van der Waals surface area (Å²) >= 11 is 0. The summed E-state index contributed by atoms with van der Waals surface area (Å²) in [5, 5.41) is 3.21. The second kappa shape index (κ2) is 12.1. The second-order valence-corrected chi connectivity index (χ2v) is 12.5. The minimum Gasteiger partial charge on any atom is -0.398 e. The van der Waals surface area contributed by atoms with E-state index in [2.05, 4.69) is 15.2 Å². The van der Waals surface area contributed by atoms with Gasteiger partial charge in [0.25, 0.3) is 0 Å². The summed E-state index contributed by atoms with van der Waals surface area (Å²) in [6.07, 6.45) is 6.36. The minimum absolute atomic E-state index is 0.0421. The number of nitrogens with zero attached hydrogens (tertiary/aromatic N) is 3. The van der Waals surface area contributed by atoms with Crippen molar-refractivity contribution >= 4 is 17.6 Å². The van der Waals surface area contributed by atoms with Gasteiger partial charge in [0.1, 0.15) is 23.5 Å². The Morgan fingerprint density at radius 3 is 2.60 bits per heavy atom. The van der Waals surface area contributed by atoms with Crippen LogP contribution < -0.4 is 11.1 Å². The van der Waals surface area contributed by atoms with Gasteiger partial charge in [0.15, 0.2) is 0 Å². The van der Waals surface area contributed by atoms with E-state index >= 15 is 13.2 Å². The number of aliphatic imine (C=N–C) groups is 1. The van der Waals surface area contributed by atoms with Crippen LogP contribution in [0.1, 0.15) is 73.7 Å². The van der Waals surface area contributed by atoms with Gasteiger partial charge in [-0.1, -0.05) is 6.07 Å². The summed E-state index contributed by atoms with van der Waals surface area (Å²) in [6.45, 7) is 4.47. The minimum atomic E-state index is -1.34. The van der Waals surface area contributed by atoms with Gasteiger partial charge in [-0.2, -0.15) is 0 Å². The molecule has 3 N–H and O–H groups in total. The molecular weight excluding hydrogens is 546 g/mol. The number of fused-ring (bicyclic) bond motifs is 1. The summed E-state index contributed by atoms with van der Waals surface area (Å²) in [7, 11) is 0. The Morgan fingerprint density at radius 2 is 1.93 bits per heavy atom. The van der Waals surface area contributed by atoms with E-state index in [1.54, 1.807) is 12.3 Å². The van der Waals surface area contributed by atoms with E-state index in [9.17, 15) is 4.39 Å². The Labute approximate surface area is 245 Å². The SMILES string of the molecule is C[C@@H]1Cc2c(ccc(N)c2C=NC2CCCCO2)C(c2c(F)cc(NC3CN(CCCF)C3)cc2F)N1CC1(F)CC1. The van der Waals surface area contributed by atoms with Crippen LogP contribution in [-0.4, -0.2) is 79.5 Å². The average molecular weight is 588 g/mol. The normalized spacial score (nSPS) is 26.3. The standard InChI is InChI=1S/C32H41F4N5O/c1-20-13-24-23(6-7-28(37)25(24)16-38-29-5-2-3-12-42-29)31(41(20)19-32(36)8-9-32)30-26(34)14-21(15-27(30)35)39-22-17-40(18-22)11-4-10-33/h6-7,14-16,20,22,29,31,39H,2-5,8-13,17-19,37H2,1H3/t20-,29?,31?/m1/s1. The van der Waals surface area contributed by atoms with Gasteiger partial charge >= 0.3 is 0 Å². The van der Waals surface area contributed by atoms with Crippen molar-refractivity contribution in [2.24, 2.45) is 4.99 Å². The Bertz CT molecular complexity index is 1280. The van der Waals surface area contributed by atoms with Gasteiger partial charge in [0.2, 0.25) is 0 Å². The number of nitrogen functional groups attached to an aromatic ring is 1. The zero-order valence-corrected chi connectivity index (χ0v) is 24.2. The molecule has 3 atom stereocenters. The van der Waals surface area contributed by atoms with Crippen molar-refractivity contribution in [2.45, 2.75) is 81.9 Å². The number of rotatable bonds is 10. The maximum atomic E-state index is 16.0.